The van der Waals surface area contributed by atoms with Gasteiger partial charge in [-0.2, -0.15) is 0 Å². The molecule has 4 heteroatoms. The van der Waals surface area contributed by atoms with Crippen molar-refractivity contribution in [3.05, 3.63) is 47.3 Å². The SMILES string of the molecule is C=CCCCCCC(Cc1cccc(Cl)c1F)NN. The topological polar surface area (TPSA) is 38.0 Å². The fourth-order valence-electron chi connectivity index (χ4n) is 2.07. The number of nitrogens with two attached hydrogens (primary N) is 1. The summed E-state index contributed by atoms with van der Waals surface area (Å²) >= 11 is 5.77. The normalized spacial score (nSPS) is 12.4. The predicted octanol–water partition coefficient (Wildman–Crippen LogP) is 3.99. The molecule has 0 aliphatic rings. The van der Waals surface area contributed by atoms with Crippen LogP contribution in [-0.4, -0.2) is 6.04 Å². The molecule has 0 fully saturated rings. The van der Waals surface area contributed by atoms with Crippen LogP contribution in [0.3, 0.4) is 0 Å². The third-order valence-corrected chi connectivity index (χ3v) is 3.49. The minimum atomic E-state index is -0.337. The van der Waals surface area contributed by atoms with Crippen LogP contribution < -0.4 is 11.3 Å². The zero-order valence-electron chi connectivity index (χ0n) is 11.2. The molecule has 0 spiro atoms. The lowest BCUT2D eigenvalue weighted by Gasteiger charge is -2.16. The van der Waals surface area contributed by atoms with Crippen molar-refractivity contribution in [1.82, 2.24) is 5.43 Å². The first kappa shape index (κ1) is 16.2. The zero-order valence-corrected chi connectivity index (χ0v) is 11.9. The lowest BCUT2D eigenvalue weighted by Crippen LogP contribution is -2.36. The average molecular weight is 285 g/mol. The van der Waals surface area contributed by atoms with E-state index in [1.807, 2.05) is 6.08 Å². The van der Waals surface area contributed by atoms with Crippen LogP contribution in [0.4, 0.5) is 4.39 Å². The Kier molecular flexibility index (Phi) is 7.72. The maximum absolute atomic E-state index is 13.8. The molecule has 106 valence electrons. The first-order valence-electron chi connectivity index (χ1n) is 6.69. The summed E-state index contributed by atoms with van der Waals surface area (Å²) in [6, 6.07) is 5.15. The molecule has 1 rings (SSSR count). The monoisotopic (exact) mass is 284 g/mol. The summed E-state index contributed by atoms with van der Waals surface area (Å²) < 4.78 is 13.8. The summed E-state index contributed by atoms with van der Waals surface area (Å²) in [7, 11) is 0. The highest BCUT2D eigenvalue weighted by atomic mass is 35.5. The van der Waals surface area contributed by atoms with Gasteiger partial charge < -0.3 is 0 Å². The molecule has 0 aromatic heterocycles. The number of nitrogens with one attached hydrogen (secondary N) is 1. The van der Waals surface area contributed by atoms with E-state index < -0.39 is 0 Å². The Balaban J connectivity index is 2.43. The third-order valence-electron chi connectivity index (χ3n) is 3.19. The van der Waals surface area contributed by atoms with Crippen LogP contribution in [0.5, 0.6) is 0 Å². The Hall–Kier alpha value is -0.900. The summed E-state index contributed by atoms with van der Waals surface area (Å²) in [5, 5.41) is 0.166. The molecule has 2 nitrogen and oxygen atoms in total. The fourth-order valence-corrected chi connectivity index (χ4v) is 2.27. The summed E-state index contributed by atoms with van der Waals surface area (Å²) in [6.07, 6.45) is 7.83. The van der Waals surface area contributed by atoms with Crippen molar-refractivity contribution < 1.29 is 4.39 Å². The lowest BCUT2D eigenvalue weighted by atomic mass is 10.00. The first-order valence-corrected chi connectivity index (χ1v) is 7.06. The van der Waals surface area contributed by atoms with Gasteiger partial charge in [0.15, 0.2) is 0 Å². The second kappa shape index (κ2) is 9.08. The number of hydrogen-bond donors (Lipinski definition) is 2. The molecule has 1 aromatic carbocycles. The van der Waals surface area contributed by atoms with Gasteiger partial charge in [-0.3, -0.25) is 11.3 Å². The number of hydrazine groups is 1. The van der Waals surface area contributed by atoms with Gasteiger partial charge >= 0.3 is 0 Å². The molecule has 1 unspecified atom stereocenters. The number of rotatable bonds is 9. The second-order valence-corrected chi connectivity index (χ2v) is 5.11. The van der Waals surface area contributed by atoms with E-state index in [0.717, 1.165) is 32.1 Å². The Labute approximate surface area is 119 Å². The van der Waals surface area contributed by atoms with E-state index in [1.165, 1.54) is 0 Å². The number of hydrogen-bond acceptors (Lipinski definition) is 2. The zero-order chi connectivity index (χ0) is 14.1. The van der Waals surface area contributed by atoms with Crippen LogP contribution >= 0.6 is 11.6 Å². The van der Waals surface area contributed by atoms with Crippen molar-refractivity contribution in [1.29, 1.82) is 0 Å². The van der Waals surface area contributed by atoms with E-state index in [4.69, 9.17) is 17.4 Å². The molecule has 0 radical (unpaired) electrons. The minimum absolute atomic E-state index is 0.0803. The molecule has 0 saturated carbocycles. The van der Waals surface area contributed by atoms with Gasteiger partial charge in [0.25, 0.3) is 0 Å². The van der Waals surface area contributed by atoms with Crippen molar-refractivity contribution in [2.45, 2.75) is 44.6 Å². The molecule has 0 saturated heterocycles. The number of unbranched alkanes of at least 4 members (excludes halogenated alkanes) is 3. The summed E-state index contributed by atoms with van der Waals surface area (Å²) in [5.74, 6) is 5.19. The van der Waals surface area contributed by atoms with Gasteiger partial charge in [0.2, 0.25) is 0 Å². The molecule has 0 bridgehead atoms. The fraction of sp³-hybridized carbons (Fsp3) is 0.467. The van der Waals surface area contributed by atoms with Gasteiger partial charge in [0.05, 0.1) is 5.02 Å². The van der Waals surface area contributed by atoms with Crippen LogP contribution in [0.2, 0.25) is 5.02 Å². The van der Waals surface area contributed by atoms with Gasteiger partial charge in [0, 0.05) is 6.04 Å². The van der Waals surface area contributed by atoms with Crippen LogP contribution in [0.25, 0.3) is 0 Å². The minimum Gasteiger partial charge on any atom is -0.271 e. The number of halogens is 2. The molecule has 1 aromatic rings. The predicted molar refractivity (Wildman–Crippen MR) is 79.5 cm³/mol. The van der Waals surface area contributed by atoms with E-state index >= 15 is 0 Å². The Morgan fingerprint density at radius 2 is 2.16 bits per heavy atom. The smallest absolute Gasteiger partial charge is 0.145 e. The highest BCUT2D eigenvalue weighted by molar-refractivity contribution is 6.30. The summed E-state index contributed by atoms with van der Waals surface area (Å²) in [5.41, 5.74) is 3.37. The standard InChI is InChI=1S/C15H22ClFN2/c1-2-3-4-5-6-9-13(19-18)11-12-8-7-10-14(16)15(12)17/h2,7-8,10,13,19H,1,3-6,9,11,18H2. The van der Waals surface area contributed by atoms with E-state index in [1.54, 1.807) is 18.2 Å². The van der Waals surface area contributed by atoms with Gasteiger partial charge in [-0.05, 0) is 37.3 Å². The first-order chi connectivity index (χ1) is 9.19. The third kappa shape index (κ3) is 5.72. The van der Waals surface area contributed by atoms with Gasteiger partial charge in [-0.15, -0.1) is 6.58 Å². The van der Waals surface area contributed by atoms with Crippen molar-refractivity contribution >= 4 is 11.6 Å². The average Bonchev–Trinajstić information content (AvgIpc) is 2.42. The molecule has 0 amide bonds. The van der Waals surface area contributed by atoms with Crippen molar-refractivity contribution in [3.63, 3.8) is 0 Å². The van der Waals surface area contributed by atoms with E-state index in [2.05, 4.69) is 12.0 Å². The van der Waals surface area contributed by atoms with Crippen LogP contribution in [0.15, 0.2) is 30.9 Å². The Morgan fingerprint density at radius 3 is 2.84 bits per heavy atom. The van der Waals surface area contributed by atoms with E-state index in [9.17, 15) is 4.39 Å². The largest absolute Gasteiger partial charge is 0.271 e. The molecule has 1 atom stereocenters. The maximum atomic E-state index is 13.8. The van der Waals surface area contributed by atoms with Crippen molar-refractivity contribution in [2.24, 2.45) is 5.84 Å². The Morgan fingerprint density at radius 1 is 1.37 bits per heavy atom. The van der Waals surface area contributed by atoms with Crippen molar-refractivity contribution in [2.75, 3.05) is 0 Å². The van der Waals surface area contributed by atoms with Crippen LogP contribution in [-0.2, 0) is 6.42 Å². The van der Waals surface area contributed by atoms with E-state index in [0.29, 0.717) is 12.0 Å². The molecule has 3 N–H and O–H groups in total. The lowest BCUT2D eigenvalue weighted by molar-refractivity contribution is 0.456. The highest BCUT2D eigenvalue weighted by Crippen LogP contribution is 2.20. The van der Waals surface area contributed by atoms with Gasteiger partial charge in [-0.25, -0.2) is 4.39 Å². The molecule has 0 aliphatic heterocycles. The molecular formula is C15H22ClFN2. The molecule has 19 heavy (non-hydrogen) atoms. The number of allylic oxidation sites excluding steroid dienone is 1. The Bertz CT molecular complexity index is 396. The van der Waals surface area contributed by atoms with Crippen molar-refractivity contribution in [3.8, 4) is 0 Å². The van der Waals surface area contributed by atoms with Gasteiger partial charge in [-0.1, -0.05) is 42.7 Å². The summed E-state index contributed by atoms with van der Waals surface area (Å²) in [4.78, 5) is 0. The quantitative estimate of drug-likeness (QED) is 0.311. The van der Waals surface area contributed by atoms with Crippen LogP contribution in [0.1, 0.15) is 37.7 Å². The van der Waals surface area contributed by atoms with Crippen LogP contribution in [0, 0.1) is 5.82 Å². The molecule has 0 aliphatic carbocycles. The highest BCUT2D eigenvalue weighted by Gasteiger charge is 2.12. The molecular weight excluding hydrogens is 263 g/mol. The maximum Gasteiger partial charge on any atom is 0.145 e. The second-order valence-electron chi connectivity index (χ2n) is 4.71. The van der Waals surface area contributed by atoms with Gasteiger partial charge in [0.1, 0.15) is 5.82 Å². The van der Waals surface area contributed by atoms with E-state index in [-0.39, 0.29) is 16.9 Å². The molecule has 0 heterocycles. The number of benzene rings is 1. The summed E-state index contributed by atoms with van der Waals surface area (Å²) in [6.45, 7) is 3.70.